The number of nitrogens with zero attached hydrogens (tertiary/aromatic N) is 1. The molecule has 2 N–H and O–H groups in total. The molecular weight excluding hydrogens is 268 g/mol. The maximum atomic E-state index is 12.0. The summed E-state index contributed by atoms with van der Waals surface area (Å²) in [4.78, 5) is 2.16. The van der Waals surface area contributed by atoms with Crippen LogP contribution < -0.4 is 4.72 Å². The molecule has 0 aliphatic rings. The SMILES string of the molecule is Cc1oc(CO)cc1S(=O)(=O)NCCCCN(C)C. The molecule has 0 fully saturated rings. The van der Waals surface area contributed by atoms with Crippen molar-refractivity contribution in [3.63, 3.8) is 0 Å². The monoisotopic (exact) mass is 290 g/mol. The Morgan fingerprint density at radius 1 is 1.37 bits per heavy atom. The van der Waals surface area contributed by atoms with Crippen LogP contribution in [0.3, 0.4) is 0 Å². The Labute approximate surface area is 114 Å². The first-order chi connectivity index (χ1) is 8.86. The summed E-state index contributed by atoms with van der Waals surface area (Å²) in [6.07, 6.45) is 1.71. The molecule has 0 aliphatic heterocycles. The number of aliphatic hydroxyl groups is 1. The summed E-state index contributed by atoms with van der Waals surface area (Å²) in [6.45, 7) is 2.59. The lowest BCUT2D eigenvalue weighted by atomic mass is 10.3. The van der Waals surface area contributed by atoms with Crippen molar-refractivity contribution in [3.8, 4) is 0 Å². The number of aliphatic hydroxyl groups excluding tert-OH is 1. The fourth-order valence-corrected chi connectivity index (χ4v) is 2.98. The van der Waals surface area contributed by atoms with Crippen molar-refractivity contribution in [1.29, 1.82) is 0 Å². The maximum Gasteiger partial charge on any atom is 0.244 e. The van der Waals surface area contributed by atoms with E-state index in [1.807, 2.05) is 14.1 Å². The van der Waals surface area contributed by atoms with Gasteiger partial charge in [-0.2, -0.15) is 0 Å². The van der Waals surface area contributed by atoms with Crippen molar-refractivity contribution in [2.75, 3.05) is 27.2 Å². The molecule has 1 aromatic rings. The highest BCUT2D eigenvalue weighted by Gasteiger charge is 2.20. The molecule has 0 radical (unpaired) electrons. The van der Waals surface area contributed by atoms with Crippen LogP contribution in [0.2, 0.25) is 0 Å². The second-order valence-electron chi connectivity index (χ2n) is 4.70. The Hall–Kier alpha value is -0.890. The number of aryl methyl sites for hydroxylation is 1. The van der Waals surface area contributed by atoms with Gasteiger partial charge in [0.05, 0.1) is 0 Å². The van der Waals surface area contributed by atoms with Gasteiger partial charge in [-0.3, -0.25) is 0 Å². The van der Waals surface area contributed by atoms with Gasteiger partial charge in [0.25, 0.3) is 0 Å². The first kappa shape index (κ1) is 16.2. The van der Waals surface area contributed by atoms with Crippen LogP contribution in [0.1, 0.15) is 24.4 Å². The standard InChI is InChI=1S/C12H22N2O4S/c1-10-12(8-11(9-15)18-10)19(16,17)13-6-4-5-7-14(2)3/h8,13,15H,4-7,9H2,1-3H3. The summed E-state index contributed by atoms with van der Waals surface area (Å²) in [7, 11) is 0.414. The van der Waals surface area contributed by atoms with E-state index in [-0.39, 0.29) is 17.3 Å². The third kappa shape index (κ3) is 4.94. The fraction of sp³-hybridized carbons (Fsp3) is 0.667. The Kier molecular flexibility index (Phi) is 5.99. The molecule has 0 aliphatic carbocycles. The van der Waals surface area contributed by atoms with E-state index in [0.717, 1.165) is 19.4 Å². The van der Waals surface area contributed by atoms with Gasteiger partial charge in [-0.15, -0.1) is 0 Å². The first-order valence-electron chi connectivity index (χ1n) is 6.21. The Bertz CT molecular complexity index is 494. The third-order valence-corrected chi connectivity index (χ3v) is 4.26. The first-order valence-corrected chi connectivity index (χ1v) is 7.69. The van der Waals surface area contributed by atoms with Crippen molar-refractivity contribution in [2.24, 2.45) is 0 Å². The van der Waals surface area contributed by atoms with Gasteiger partial charge in [0.15, 0.2) is 0 Å². The van der Waals surface area contributed by atoms with Crippen LogP contribution in [0.4, 0.5) is 0 Å². The van der Waals surface area contributed by atoms with Crippen molar-refractivity contribution in [3.05, 3.63) is 17.6 Å². The molecule has 19 heavy (non-hydrogen) atoms. The predicted octanol–water partition coefficient (Wildman–Crippen LogP) is 0.700. The number of hydrogen-bond acceptors (Lipinski definition) is 5. The predicted molar refractivity (Wildman–Crippen MR) is 72.3 cm³/mol. The Morgan fingerprint density at radius 2 is 2.05 bits per heavy atom. The molecule has 0 bridgehead atoms. The van der Waals surface area contributed by atoms with E-state index in [2.05, 4.69) is 9.62 Å². The minimum absolute atomic E-state index is 0.101. The normalized spacial score (nSPS) is 12.3. The van der Waals surface area contributed by atoms with Gasteiger partial charge in [0, 0.05) is 12.6 Å². The van der Waals surface area contributed by atoms with Crippen molar-refractivity contribution >= 4 is 10.0 Å². The lowest BCUT2D eigenvalue weighted by molar-refractivity contribution is 0.244. The second-order valence-corrected chi connectivity index (χ2v) is 6.43. The molecule has 0 saturated carbocycles. The highest BCUT2D eigenvalue weighted by molar-refractivity contribution is 7.89. The number of hydrogen-bond donors (Lipinski definition) is 2. The summed E-state index contributed by atoms with van der Waals surface area (Å²) in [5, 5.41) is 8.93. The second kappa shape index (κ2) is 7.04. The zero-order chi connectivity index (χ0) is 14.5. The molecule has 0 spiro atoms. The molecular formula is C12H22N2O4S. The van der Waals surface area contributed by atoms with Crippen LogP contribution in [-0.4, -0.2) is 45.6 Å². The maximum absolute atomic E-state index is 12.0. The lowest BCUT2D eigenvalue weighted by Crippen LogP contribution is -2.25. The van der Waals surface area contributed by atoms with E-state index in [1.165, 1.54) is 6.07 Å². The van der Waals surface area contributed by atoms with E-state index in [9.17, 15) is 8.42 Å². The van der Waals surface area contributed by atoms with E-state index >= 15 is 0 Å². The molecule has 1 rings (SSSR count). The minimum atomic E-state index is -3.55. The minimum Gasteiger partial charge on any atom is -0.462 e. The fourth-order valence-electron chi connectivity index (χ4n) is 1.71. The van der Waals surface area contributed by atoms with Gasteiger partial charge in [-0.1, -0.05) is 0 Å². The lowest BCUT2D eigenvalue weighted by Gasteiger charge is -2.09. The van der Waals surface area contributed by atoms with Gasteiger partial charge in [0.2, 0.25) is 10.0 Å². The summed E-state index contributed by atoms with van der Waals surface area (Å²) in [5.74, 6) is 0.551. The highest BCUT2D eigenvalue weighted by Crippen LogP contribution is 2.19. The van der Waals surface area contributed by atoms with Crippen LogP contribution in [-0.2, 0) is 16.6 Å². The van der Waals surface area contributed by atoms with Crippen molar-refractivity contribution < 1.29 is 17.9 Å². The van der Waals surface area contributed by atoms with Crippen molar-refractivity contribution in [1.82, 2.24) is 9.62 Å². The molecule has 1 heterocycles. The molecule has 0 saturated heterocycles. The molecule has 0 amide bonds. The molecule has 1 aromatic heterocycles. The Morgan fingerprint density at radius 3 is 2.58 bits per heavy atom. The van der Waals surface area contributed by atoms with E-state index in [4.69, 9.17) is 9.52 Å². The number of unbranched alkanes of at least 4 members (excludes halogenated alkanes) is 1. The molecule has 0 aromatic carbocycles. The van der Waals surface area contributed by atoms with E-state index < -0.39 is 10.0 Å². The zero-order valence-corrected chi connectivity index (χ0v) is 12.5. The third-order valence-electron chi connectivity index (χ3n) is 2.69. The molecule has 0 atom stereocenters. The molecule has 0 unspecified atom stereocenters. The zero-order valence-electron chi connectivity index (χ0n) is 11.6. The summed E-state index contributed by atoms with van der Waals surface area (Å²) >= 11 is 0. The Balaban J connectivity index is 2.53. The van der Waals surface area contributed by atoms with Crippen LogP contribution in [0.25, 0.3) is 0 Å². The molecule has 110 valence electrons. The van der Waals surface area contributed by atoms with Gasteiger partial charge in [0.1, 0.15) is 23.0 Å². The van der Waals surface area contributed by atoms with E-state index in [0.29, 0.717) is 12.3 Å². The number of furan rings is 1. The summed E-state index contributed by atoms with van der Waals surface area (Å²) < 4.78 is 31.7. The van der Waals surface area contributed by atoms with Crippen molar-refractivity contribution in [2.45, 2.75) is 31.3 Å². The van der Waals surface area contributed by atoms with Crippen LogP contribution in [0, 0.1) is 6.92 Å². The smallest absolute Gasteiger partial charge is 0.244 e. The number of sulfonamides is 1. The van der Waals surface area contributed by atoms with Gasteiger partial charge >= 0.3 is 0 Å². The van der Waals surface area contributed by atoms with E-state index in [1.54, 1.807) is 6.92 Å². The quantitative estimate of drug-likeness (QED) is 0.689. The average molecular weight is 290 g/mol. The molecule has 6 nitrogen and oxygen atoms in total. The topological polar surface area (TPSA) is 82.8 Å². The number of nitrogens with one attached hydrogen (secondary N) is 1. The molecule has 7 heteroatoms. The van der Waals surface area contributed by atoms with Gasteiger partial charge in [-0.25, -0.2) is 13.1 Å². The average Bonchev–Trinajstić information content (AvgIpc) is 2.70. The highest BCUT2D eigenvalue weighted by atomic mass is 32.2. The van der Waals surface area contributed by atoms with Gasteiger partial charge < -0.3 is 14.4 Å². The summed E-state index contributed by atoms with van der Waals surface area (Å²) in [6, 6.07) is 1.36. The van der Waals surface area contributed by atoms with Crippen LogP contribution >= 0.6 is 0 Å². The van der Waals surface area contributed by atoms with Crippen LogP contribution in [0.15, 0.2) is 15.4 Å². The summed E-state index contributed by atoms with van der Waals surface area (Å²) in [5.41, 5.74) is 0. The van der Waals surface area contributed by atoms with Crippen LogP contribution in [0.5, 0.6) is 0 Å². The number of rotatable bonds is 8. The van der Waals surface area contributed by atoms with Gasteiger partial charge in [-0.05, 0) is 40.4 Å². The largest absolute Gasteiger partial charge is 0.462 e.